The molecular formula is C23H23NO9. The molecular weight excluding hydrogens is 434 g/mol. The SMILES string of the molecule is CCOC(=O)c1ccc(N2C(=O)[C@@H]3[C@H](C2=O)[C@]2(C)C=C[C@]3(C(OC(C)=O)OC(C)=O)O2)cc1. The molecule has 1 aromatic rings. The standard InChI is InChI=1S/C23H23NO9/c1-5-30-20(29)14-6-8-15(9-7-14)24-18(27)16-17(19(24)28)23(11-10-22(16,4)33-23)21(31-12(2)25)32-13(3)26/h6-11,16-17,21H,5H2,1-4H3/t16-,17+,22+,23+/m1/s1. The normalized spacial score (nSPS) is 29.4. The number of hydrogen-bond donors (Lipinski definition) is 0. The number of ether oxygens (including phenoxy) is 4. The first-order chi connectivity index (χ1) is 15.5. The molecule has 3 aliphatic heterocycles. The van der Waals surface area contributed by atoms with Crippen LogP contribution in [0.3, 0.4) is 0 Å². The summed E-state index contributed by atoms with van der Waals surface area (Å²) in [4.78, 5) is 63.3. The highest BCUT2D eigenvalue weighted by atomic mass is 16.7. The summed E-state index contributed by atoms with van der Waals surface area (Å²) in [5.74, 6) is -5.12. The Balaban J connectivity index is 1.71. The van der Waals surface area contributed by atoms with E-state index in [9.17, 15) is 24.0 Å². The third-order valence-corrected chi connectivity index (χ3v) is 6.03. The number of benzene rings is 1. The smallest absolute Gasteiger partial charge is 0.338 e. The first kappa shape index (κ1) is 22.7. The number of amides is 2. The molecule has 10 heteroatoms. The molecule has 0 saturated carbocycles. The van der Waals surface area contributed by atoms with E-state index in [0.717, 1.165) is 18.7 Å². The molecule has 2 amide bonds. The molecule has 3 aliphatic rings. The molecule has 2 bridgehead atoms. The van der Waals surface area contributed by atoms with Crippen LogP contribution in [0.15, 0.2) is 36.4 Å². The minimum Gasteiger partial charge on any atom is -0.462 e. The molecule has 0 unspecified atom stereocenters. The van der Waals surface area contributed by atoms with Crippen LogP contribution in [0.25, 0.3) is 0 Å². The Morgan fingerprint density at radius 1 is 1.00 bits per heavy atom. The molecule has 2 saturated heterocycles. The second-order valence-electron chi connectivity index (χ2n) is 8.26. The fraction of sp³-hybridized carbons (Fsp3) is 0.435. The molecule has 4 rings (SSSR count). The number of esters is 3. The monoisotopic (exact) mass is 457 g/mol. The molecule has 0 aromatic heterocycles. The zero-order valence-electron chi connectivity index (χ0n) is 18.5. The highest BCUT2D eigenvalue weighted by molar-refractivity contribution is 6.23. The molecule has 0 spiro atoms. The van der Waals surface area contributed by atoms with Crippen molar-refractivity contribution in [2.45, 2.75) is 45.2 Å². The minimum atomic E-state index is -1.65. The van der Waals surface area contributed by atoms with E-state index < -0.39 is 59.1 Å². The van der Waals surface area contributed by atoms with Crippen molar-refractivity contribution in [2.24, 2.45) is 11.8 Å². The predicted molar refractivity (Wildman–Crippen MR) is 111 cm³/mol. The lowest BCUT2D eigenvalue weighted by molar-refractivity contribution is -0.231. The van der Waals surface area contributed by atoms with Crippen molar-refractivity contribution < 1.29 is 42.9 Å². The van der Waals surface area contributed by atoms with Crippen LogP contribution in [-0.4, -0.2) is 53.8 Å². The number of imide groups is 1. The first-order valence-electron chi connectivity index (χ1n) is 10.4. The summed E-state index contributed by atoms with van der Waals surface area (Å²) in [6, 6.07) is 5.88. The second-order valence-corrected chi connectivity index (χ2v) is 8.26. The third-order valence-electron chi connectivity index (χ3n) is 6.03. The summed E-state index contributed by atoms with van der Waals surface area (Å²) in [5, 5.41) is 0. The van der Waals surface area contributed by atoms with E-state index in [2.05, 4.69) is 0 Å². The second kappa shape index (κ2) is 7.80. The lowest BCUT2D eigenvalue weighted by Crippen LogP contribution is -2.52. The number of rotatable bonds is 6. The molecule has 3 heterocycles. The summed E-state index contributed by atoms with van der Waals surface area (Å²) < 4.78 is 21.5. The summed E-state index contributed by atoms with van der Waals surface area (Å²) in [5.41, 5.74) is -2.28. The Hall–Kier alpha value is -3.53. The van der Waals surface area contributed by atoms with Crippen LogP contribution >= 0.6 is 0 Å². The maximum absolute atomic E-state index is 13.6. The number of fused-ring (bicyclic) bond motifs is 5. The number of carbonyl (C=O) groups excluding carboxylic acids is 5. The van der Waals surface area contributed by atoms with Crippen molar-refractivity contribution in [3.63, 3.8) is 0 Å². The van der Waals surface area contributed by atoms with E-state index >= 15 is 0 Å². The van der Waals surface area contributed by atoms with Crippen LogP contribution < -0.4 is 4.90 Å². The largest absolute Gasteiger partial charge is 0.462 e. The van der Waals surface area contributed by atoms with Crippen LogP contribution in [-0.2, 0) is 38.1 Å². The maximum atomic E-state index is 13.6. The molecule has 4 atom stereocenters. The fourth-order valence-corrected chi connectivity index (χ4v) is 4.78. The van der Waals surface area contributed by atoms with E-state index in [0.29, 0.717) is 0 Å². The van der Waals surface area contributed by atoms with Gasteiger partial charge in [-0.3, -0.25) is 19.2 Å². The average molecular weight is 457 g/mol. The lowest BCUT2D eigenvalue weighted by atomic mass is 9.72. The van der Waals surface area contributed by atoms with Gasteiger partial charge in [-0.2, -0.15) is 0 Å². The van der Waals surface area contributed by atoms with Gasteiger partial charge < -0.3 is 18.9 Å². The topological polar surface area (TPSA) is 126 Å². The van der Waals surface area contributed by atoms with Crippen LogP contribution in [0, 0.1) is 11.8 Å². The highest BCUT2D eigenvalue weighted by Gasteiger charge is 2.75. The Kier molecular flexibility index (Phi) is 5.36. The zero-order valence-corrected chi connectivity index (χ0v) is 18.5. The Morgan fingerprint density at radius 2 is 1.58 bits per heavy atom. The summed E-state index contributed by atoms with van der Waals surface area (Å²) >= 11 is 0. The highest BCUT2D eigenvalue weighted by Crippen LogP contribution is 2.59. The zero-order chi connectivity index (χ0) is 24.1. The van der Waals surface area contributed by atoms with E-state index in [-0.39, 0.29) is 17.9 Å². The van der Waals surface area contributed by atoms with Gasteiger partial charge in [-0.25, -0.2) is 9.69 Å². The summed E-state index contributed by atoms with van der Waals surface area (Å²) in [7, 11) is 0. The summed E-state index contributed by atoms with van der Waals surface area (Å²) in [6.07, 6.45) is 1.58. The van der Waals surface area contributed by atoms with Gasteiger partial charge in [0.25, 0.3) is 6.29 Å². The van der Waals surface area contributed by atoms with Crippen LogP contribution in [0.5, 0.6) is 0 Å². The number of hydrogen-bond acceptors (Lipinski definition) is 9. The van der Waals surface area contributed by atoms with Gasteiger partial charge in [0.2, 0.25) is 11.8 Å². The van der Waals surface area contributed by atoms with Gasteiger partial charge in [0.1, 0.15) is 0 Å². The van der Waals surface area contributed by atoms with Gasteiger partial charge in [0.15, 0.2) is 5.60 Å². The number of anilines is 1. The Morgan fingerprint density at radius 3 is 2.12 bits per heavy atom. The van der Waals surface area contributed by atoms with Crippen molar-refractivity contribution in [3.05, 3.63) is 42.0 Å². The molecule has 2 fully saturated rings. The van der Waals surface area contributed by atoms with Crippen LogP contribution in [0.4, 0.5) is 5.69 Å². The van der Waals surface area contributed by atoms with Gasteiger partial charge in [0.05, 0.1) is 35.3 Å². The first-order valence-corrected chi connectivity index (χ1v) is 10.4. The maximum Gasteiger partial charge on any atom is 0.338 e. The van der Waals surface area contributed by atoms with Crippen molar-refractivity contribution in [2.75, 3.05) is 11.5 Å². The third kappa shape index (κ3) is 3.41. The lowest BCUT2D eigenvalue weighted by Gasteiger charge is -2.34. The minimum absolute atomic E-state index is 0.215. The summed E-state index contributed by atoms with van der Waals surface area (Å²) in [6.45, 7) is 5.82. The van der Waals surface area contributed by atoms with Crippen LogP contribution in [0.1, 0.15) is 38.1 Å². The Labute approximate surface area is 189 Å². The molecule has 0 radical (unpaired) electrons. The van der Waals surface area contributed by atoms with Crippen molar-refractivity contribution in [3.8, 4) is 0 Å². The van der Waals surface area contributed by atoms with Gasteiger partial charge in [-0.1, -0.05) is 6.08 Å². The van der Waals surface area contributed by atoms with Crippen molar-refractivity contribution in [1.29, 1.82) is 0 Å². The molecule has 0 N–H and O–H groups in total. The Bertz CT molecular complexity index is 1060. The quantitative estimate of drug-likeness (QED) is 0.270. The van der Waals surface area contributed by atoms with Crippen molar-refractivity contribution in [1.82, 2.24) is 0 Å². The van der Waals surface area contributed by atoms with E-state index in [1.165, 1.54) is 30.3 Å². The van der Waals surface area contributed by atoms with Gasteiger partial charge in [-0.05, 0) is 44.2 Å². The fourth-order valence-electron chi connectivity index (χ4n) is 4.78. The van der Waals surface area contributed by atoms with E-state index in [4.69, 9.17) is 18.9 Å². The van der Waals surface area contributed by atoms with Gasteiger partial charge in [0, 0.05) is 13.8 Å². The molecule has 10 nitrogen and oxygen atoms in total. The molecule has 33 heavy (non-hydrogen) atoms. The number of carbonyl (C=O) groups is 5. The number of nitrogens with zero attached hydrogens (tertiary/aromatic N) is 1. The van der Waals surface area contributed by atoms with Gasteiger partial charge in [-0.15, -0.1) is 0 Å². The van der Waals surface area contributed by atoms with Gasteiger partial charge >= 0.3 is 17.9 Å². The average Bonchev–Trinajstić information content (AvgIpc) is 3.33. The predicted octanol–water partition coefficient (Wildman–Crippen LogP) is 1.52. The molecule has 174 valence electrons. The van der Waals surface area contributed by atoms with E-state index in [1.807, 2.05) is 0 Å². The van der Waals surface area contributed by atoms with E-state index in [1.54, 1.807) is 19.9 Å². The van der Waals surface area contributed by atoms with Crippen molar-refractivity contribution >= 4 is 35.4 Å². The molecule has 0 aliphatic carbocycles. The molecule has 1 aromatic carbocycles. The van der Waals surface area contributed by atoms with Crippen LogP contribution in [0.2, 0.25) is 0 Å².